The Labute approximate surface area is 83.3 Å². The van der Waals surface area contributed by atoms with E-state index in [4.69, 9.17) is 20.3 Å². The van der Waals surface area contributed by atoms with Gasteiger partial charge in [-0.05, 0) is 19.1 Å². The minimum Gasteiger partial charge on any atom is -0.492 e. The summed E-state index contributed by atoms with van der Waals surface area (Å²) in [7, 11) is 0. The van der Waals surface area contributed by atoms with Crippen molar-refractivity contribution in [3.05, 3.63) is 18.2 Å². The van der Waals surface area contributed by atoms with Crippen LogP contribution in [-0.4, -0.2) is 24.9 Å². The summed E-state index contributed by atoms with van der Waals surface area (Å²) >= 11 is 0. The van der Waals surface area contributed by atoms with Gasteiger partial charge in [0.05, 0.1) is 13.2 Å². The van der Waals surface area contributed by atoms with Crippen molar-refractivity contribution in [2.75, 3.05) is 25.6 Å². The number of para-hydroxylation sites is 1. The summed E-state index contributed by atoms with van der Waals surface area (Å²) in [6.45, 7) is 2.66. The topological polar surface area (TPSA) is 64.7 Å². The zero-order chi connectivity index (χ0) is 10.4. The predicted molar refractivity (Wildman–Crippen MR) is 54.6 cm³/mol. The van der Waals surface area contributed by atoms with Crippen LogP contribution >= 0.6 is 0 Å². The van der Waals surface area contributed by atoms with Gasteiger partial charge in [-0.3, -0.25) is 0 Å². The molecule has 0 unspecified atom stereocenters. The molecular formula is C10H15NO3. The molecule has 0 spiro atoms. The van der Waals surface area contributed by atoms with E-state index in [-0.39, 0.29) is 13.2 Å². The number of hydrogen-bond acceptors (Lipinski definition) is 4. The van der Waals surface area contributed by atoms with Crippen LogP contribution in [0.1, 0.15) is 6.92 Å². The average Bonchev–Trinajstić information content (AvgIpc) is 2.20. The van der Waals surface area contributed by atoms with Gasteiger partial charge in [0, 0.05) is 0 Å². The summed E-state index contributed by atoms with van der Waals surface area (Å²) in [5, 5.41) is 8.59. The van der Waals surface area contributed by atoms with Crippen molar-refractivity contribution in [1.82, 2.24) is 0 Å². The summed E-state index contributed by atoms with van der Waals surface area (Å²) < 4.78 is 10.5. The zero-order valence-electron chi connectivity index (χ0n) is 8.19. The Morgan fingerprint density at radius 2 is 1.93 bits per heavy atom. The van der Waals surface area contributed by atoms with E-state index in [1.54, 1.807) is 18.2 Å². The second-order valence-corrected chi connectivity index (χ2v) is 2.67. The molecule has 0 saturated carbocycles. The van der Waals surface area contributed by atoms with Gasteiger partial charge in [-0.2, -0.15) is 0 Å². The van der Waals surface area contributed by atoms with E-state index < -0.39 is 0 Å². The molecular weight excluding hydrogens is 182 g/mol. The van der Waals surface area contributed by atoms with Crippen molar-refractivity contribution in [3.63, 3.8) is 0 Å². The van der Waals surface area contributed by atoms with Gasteiger partial charge in [-0.15, -0.1) is 0 Å². The molecule has 0 fully saturated rings. The first kappa shape index (κ1) is 10.7. The molecule has 1 aromatic carbocycles. The molecule has 4 heteroatoms. The largest absolute Gasteiger partial charge is 0.492 e. The molecule has 0 heterocycles. The second-order valence-electron chi connectivity index (χ2n) is 2.67. The highest BCUT2D eigenvalue weighted by Crippen LogP contribution is 2.31. The predicted octanol–water partition coefficient (Wildman–Crippen LogP) is 1.04. The Balaban J connectivity index is 2.78. The van der Waals surface area contributed by atoms with Crippen molar-refractivity contribution >= 4 is 5.69 Å². The lowest BCUT2D eigenvalue weighted by atomic mass is 10.3. The number of hydrogen-bond donors (Lipinski definition) is 2. The fourth-order valence-corrected chi connectivity index (χ4v) is 1.09. The number of ether oxygens (including phenoxy) is 2. The van der Waals surface area contributed by atoms with Crippen molar-refractivity contribution < 1.29 is 14.6 Å². The highest BCUT2D eigenvalue weighted by atomic mass is 16.5. The van der Waals surface area contributed by atoms with Crippen molar-refractivity contribution in [3.8, 4) is 11.5 Å². The Hall–Kier alpha value is -1.42. The third kappa shape index (κ3) is 2.53. The van der Waals surface area contributed by atoms with E-state index in [9.17, 15) is 0 Å². The number of nitrogen functional groups attached to an aromatic ring is 1. The van der Waals surface area contributed by atoms with Crippen LogP contribution in [0.2, 0.25) is 0 Å². The Kier molecular flexibility index (Phi) is 4.07. The van der Waals surface area contributed by atoms with Crippen LogP contribution in [-0.2, 0) is 0 Å². The number of aliphatic hydroxyl groups is 1. The Morgan fingerprint density at radius 1 is 1.29 bits per heavy atom. The molecule has 4 nitrogen and oxygen atoms in total. The minimum absolute atomic E-state index is 0.0295. The molecule has 1 aromatic rings. The van der Waals surface area contributed by atoms with Crippen LogP contribution in [0.4, 0.5) is 5.69 Å². The molecule has 0 amide bonds. The van der Waals surface area contributed by atoms with Gasteiger partial charge in [-0.1, -0.05) is 6.07 Å². The average molecular weight is 197 g/mol. The molecule has 0 bridgehead atoms. The summed E-state index contributed by atoms with van der Waals surface area (Å²) in [6.07, 6.45) is 0. The summed E-state index contributed by atoms with van der Waals surface area (Å²) in [5.41, 5.74) is 6.25. The number of rotatable bonds is 5. The number of benzene rings is 1. The molecule has 0 radical (unpaired) electrons. The third-order valence-corrected chi connectivity index (χ3v) is 1.67. The van der Waals surface area contributed by atoms with Gasteiger partial charge in [0.15, 0.2) is 0 Å². The number of aliphatic hydroxyl groups excluding tert-OH is 1. The molecule has 0 saturated heterocycles. The number of nitrogens with two attached hydrogens (primary N) is 1. The van der Waals surface area contributed by atoms with Crippen molar-refractivity contribution in [1.29, 1.82) is 0 Å². The first-order valence-corrected chi connectivity index (χ1v) is 4.54. The lowest BCUT2D eigenvalue weighted by molar-refractivity contribution is 0.201. The quantitative estimate of drug-likeness (QED) is 0.692. The molecule has 3 N–H and O–H groups in total. The van der Waals surface area contributed by atoms with Crippen LogP contribution in [0.15, 0.2) is 18.2 Å². The molecule has 0 aliphatic rings. The maximum atomic E-state index is 8.59. The normalized spacial score (nSPS) is 9.86. The first-order chi connectivity index (χ1) is 6.79. The summed E-state index contributed by atoms with van der Waals surface area (Å²) in [5.74, 6) is 1.16. The van der Waals surface area contributed by atoms with Gasteiger partial charge in [0.2, 0.25) is 0 Å². The zero-order valence-corrected chi connectivity index (χ0v) is 8.19. The SMILES string of the molecule is CCOc1cccc(OCCO)c1N. The Morgan fingerprint density at radius 3 is 2.50 bits per heavy atom. The standard InChI is InChI=1S/C10H15NO3/c1-2-13-8-4-3-5-9(10(8)11)14-7-6-12/h3-5,12H,2,6-7,11H2,1H3. The summed E-state index contributed by atoms with van der Waals surface area (Å²) in [6, 6.07) is 5.33. The maximum absolute atomic E-state index is 8.59. The maximum Gasteiger partial charge on any atom is 0.146 e. The lowest BCUT2D eigenvalue weighted by Crippen LogP contribution is -2.05. The lowest BCUT2D eigenvalue weighted by Gasteiger charge is -2.11. The molecule has 0 aliphatic heterocycles. The highest BCUT2D eigenvalue weighted by molar-refractivity contribution is 5.62. The van der Waals surface area contributed by atoms with Crippen LogP contribution < -0.4 is 15.2 Å². The van der Waals surface area contributed by atoms with Crippen LogP contribution in [0, 0.1) is 0 Å². The first-order valence-electron chi connectivity index (χ1n) is 4.54. The fraction of sp³-hybridized carbons (Fsp3) is 0.400. The molecule has 78 valence electrons. The van der Waals surface area contributed by atoms with Gasteiger partial charge in [-0.25, -0.2) is 0 Å². The van der Waals surface area contributed by atoms with E-state index in [1.807, 2.05) is 6.92 Å². The fourth-order valence-electron chi connectivity index (χ4n) is 1.09. The van der Waals surface area contributed by atoms with E-state index in [2.05, 4.69) is 0 Å². The summed E-state index contributed by atoms with van der Waals surface area (Å²) in [4.78, 5) is 0. The minimum atomic E-state index is -0.0295. The monoisotopic (exact) mass is 197 g/mol. The van der Waals surface area contributed by atoms with E-state index in [0.29, 0.717) is 23.8 Å². The Bertz CT molecular complexity index is 289. The number of anilines is 1. The van der Waals surface area contributed by atoms with Crippen LogP contribution in [0.3, 0.4) is 0 Å². The molecule has 1 rings (SSSR count). The molecule has 0 atom stereocenters. The molecule has 0 aliphatic carbocycles. The second kappa shape index (κ2) is 5.34. The van der Waals surface area contributed by atoms with E-state index in [1.165, 1.54) is 0 Å². The van der Waals surface area contributed by atoms with Gasteiger partial charge < -0.3 is 20.3 Å². The van der Waals surface area contributed by atoms with Crippen LogP contribution in [0.5, 0.6) is 11.5 Å². The highest BCUT2D eigenvalue weighted by Gasteiger charge is 2.05. The van der Waals surface area contributed by atoms with Crippen molar-refractivity contribution in [2.24, 2.45) is 0 Å². The smallest absolute Gasteiger partial charge is 0.146 e. The van der Waals surface area contributed by atoms with Crippen molar-refractivity contribution in [2.45, 2.75) is 6.92 Å². The molecule has 14 heavy (non-hydrogen) atoms. The van der Waals surface area contributed by atoms with Crippen LogP contribution in [0.25, 0.3) is 0 Å². The van der Waals surface area contributed by atoms with E-state index >= 15 is 0 Å². The third-order valence-electron chi connectivity index (χ3n) is 1.67. The van der Waals surface area contributed by atoms with Gasteiger partial charge in [0.25, 0.3) is 0 Å². The van der Waals surface area contributed by atoms with Gasteiger partial charge in [0.1, 0.15) is 23.8 Å². The molecule has 0 aromatic heterocycles. The van der Waals surface area contributed by atoms with Gasteiger partial charge >= 0.3 is 0 Å². The van der Waals surface area contributed by atoms with E-state index in [0.717, 1.165) is 0 Å².